The van der Waals surface area contributed by atoms with E-state index >= 15 is 0 Å². The van der Waals surface area contributed by atoms with Crippen LogP contribution in [0.1, 0.15) is 56.8 Å². The third kappa shape index (κ3) is 4.27. The molecule has 0 spiro atoms. The van der Waals surface area contributed by atoms with Crippen molar-refractivity contribution in [1.29, 1.82) is 0 Å². The zero-order valence-electron chi connectivity index (χ0n) is 17.3. The number of nitrogens with one attached hydrogen (secondary N) is 1. The average Bonchev–Trinajstić information content (AvgIpc) is 2.98. The number of ketones is 1. The highest BCUT2D eigenvalue weighted by Crippen LogP contribution is 2.38. The summed E-state index contributed by atoms with van der Waals surface area (Å²) < 4.78 is 5.22. The number of imide groups is 1. The van der Waals surface area contributed by atoms with E-state index in [9.17, 15) is 24.0 Å². The van der Waals surface area contributed by atoms with Crippen molar-refractivity contribution in [1.82, 2.24) is 4.90 Å². The maximum atomic E-state index is 12.6. The smallest absolute Gasteiger partial charge is 0.329 e. The summed E-state index contributed by atoms with van der Waals surface area (Å²) in [4.78, 5) is 62.4. The number of benzene rings is 1. The van der Waals surface area contributed by atoms with Gasteiger partial charge in [0.15, 0.2) is 11.9 Å². The summed E-state index contributed by atoms with van der Waals surface area (Å²) in [6.07, 6.45) is 2.00. The summed E-state index contributed by atoms with van der Waals surface area (Å²) in [7, 11) is 0. The Morgan fingerprint density at radius 2 is 1.53 bits per heavy atom. The molecule has 1 saturated carbocycles. The second-order valence-electron chi connectivity index (χ2n) is 7.92. The molecular weight excluding hydrogens is 388 g/mol. The van der Waals surface area contributed by atoms with Gasteiger partial charge in [-0.3, -0.25) is 24.1 Å². The van der Waals surface area contributed by atoms with Gasteiger partial charge < -0.3 is 10.1 Å². The second-order valence-corrected chi connectivity index (χ2v) is 7.92. The SMILES string of the molecule is CC(=O)c1ccc(NC(=O)[C@@H](C)OC(=O)[C@H](C)N2C(=O)[C@H]3CCCC[C@@H]3C2=O)cc1. The number of carbonyl (C=O) groups excluding carboxylic acids is 5. The molecule has 160 valence electrons. The number of hydrogen-bond acceptors (Lipinski definition) is 6. The molecule has 8 nitrogen and oxygen atoms in total. The summed E-state index contributed by atoms with van der Waals surface area (Å²) in [6.45, 7) is 4.30. The maximum absolute atomic E-state index is 12.6. The van der Waals surface area contributed by atoms with E-state index in [2.05, 4.69) is 5.32 Å². The Balaban J connectivity index is 1.59. The first kappa shape index (κ1) is 21.7. The molecule has 1 aliphatic heterocycles. The topological polar surface area (TPSA) is 110 Å². The van der Waals surface area contributed by atoms with Crippen LogP contribution in [-0.4, -0.2) is 46.5 Å². The number of Topliss-reactive ketones (excluding diaryl/α,β-unsaturated/α-hetero) is 1. The largest absolute Gasteiger partial charge is 0.451 e. The van der Waals surface area contributed by atoms with Gasteiger partial charge in [0.05, 0.1) is 11.8 Å². The Morgan fingerprint density at radius 3 is 2.03 bits per heavy atom. The minimum absolute atomic E-state index is 0.0880. The molecule has 0 bridgehead atoms. The van der Waals surface area contributed by atoms with Crippen molar-refractivity contribution < 1.29 is 28.7 Å². The number of carbonyl (C=O) groups is 5. The number of hydrogen-bond donors (Lipinski definition) is 1. The van der Waals surface area contributed by atoms with Gasteiger partial charge in [-0.15, -0.1) is 0 Å². The van der Waals surface area contributed by atoms with E-state index in [1.165, 1.54) is 20.8 Å². The van der Waals surface area contributed by atoms with E-state index < -0.39 is 24.0 Å². The van der Waals surface area contributed by atoms with Gasteiger partial charge >= 0.3 is 5.97 Å². The number of amides is 3. The summed E-state index contributed by atoms with van der Waals surface area (Å²) in [5.74, 6) is -2.78. The first-order chi connectivity index (χ1) is 14.2. The number of nitrogens with zero attached hydrogens (tertiary/aromatic N) is 1. The predicted molar refractivity (Wildman–Crippen MR) is 107 cm³/mol. The lowest BCUT2D eigenvalue weighted by Gasteiger charge is -2.23. The molecule has 3 amide bonds. The van der Waals surface area contributed by atoms with Crippen molar-refractivity contribution in [3.05, 3.63) is 29.8 Å². The highest BCUT2D eigenvalue weighted by molar-refractivity contribution is 6.08. The molecule has 8 heteroatoms. The van der Waals surface area contributed by atoms with E-state index in [1.54, 1.807) is 24.3 Å². The Hall–Kier alpha value is -3.03. The highest BCUT2D eigenvalue weighted by Gasteiger charge is 2.51. The molecule has 2 fully saturated rings. The molecule has 0 unspecified atom stereocenters. The van der Waals surface area contributed by atoms with Crippen molar-refractivity contribution in [2.75, 3.05) is 5.32 Å². The van der Waals surface area contributed by atoms with Gasteiger partial charge in [-0.2, -0.15) is 0 Å². The van der Waals surface area contributed by atoms with Gasteiger partial charge in [-0.25, -0.2) is 4.79 Å². The van der Waals surface area contributed by atoms with E-state index in [4.69, 9.17) is 4.74 Å². The molecule has 4 atom stereocenters. The molecule has 1 N–H and O–H groups in total. The van der Waals surface area contributed by atoms with Crippen LogP contribution in [0.25, 0.3) is 0 Å². The molecule has 1 aromatic rings. The maximum Gasteiger partial charge on any atom is 0.329 e. The molecule has 1 aromatic carbocycles. The Bertz CT molecular complexity index is 854. The lowest BCUT2D eigenvalue weighted by Crippen LogP contribution is -2.46. The number of esters is 1. The number of anilines is 1. The third-order valence-electron chi connectivity index (χ3n) is 5.82. The lowest BCUT2D eigenvalue weighted by molar-refractivity contribution is -0.163. The van der Waals surface area contributed by atoms with Crippen LogP contribution in [0.2, 0.25) is 0 Å². The lowest BCUT2D eigenvalue weighted by atomic mass is 9.81. The predicted octanol–water partition coefficient (Wildman–Crippen LogP) is 2.32. The molecule has 3 rings (SSSR count). The van der Waals surface area contributed by atoms with Gasteiger partial charge in [0, 0.05) is 11.3 Å². The first-order valence-electron chi connectivity index (χ1n) is 10.2. The monoisotopic (exact) mass is 414 g/mol. The minimum atomic E-state index is -1.12. The van der Waals surface area contributed by atoms with Crippen LogP contribution in [0, 0.1) is 11.8 Å². The molecule has 30 heavy (non-hydrogen) atoms. The van der Waals surface area contributed by atoms with Gasteiger partial charge in [-0.1, -0.05) is 12.8 Å². The van der Waals surface area contributed by atoms with E-state index in [1.807, 2.05) is 0 Å². The normalized spacial score (nSPS) is 22.8. The van der Waals surface area contributed by atoms with E-state index in [-0.39, 0.29) is 29.4 Å². The Kier molecular flexibility index (Phi) is 6.34. The summed E-state index contributed by atoms with van der Waals surface area (Å²) in [5.41, 5.74) is 0.969. The zero-order chi connectivity index (χ0) is 22.0. The molecule has 0 aromatic heterocycles. The summed E-state index contributed by atoms with van der Waals surface area (Å²) in [6, 6.07) is 5.24. The number of likely N-dealkylation sites (tertiary alicyclic amines) is 1. The fourth-order valence-corrected chi connectivity index (χ4v) is 4.03. The van der Waals surface area contributed by atoms with Crippen molar-refractivity contribution >= 4 is 35.2 Å². The summed E-state index contributed by atoms with van der Waals surface area (Å²) in [5, 5.41) is 2.60. The van der Waals surface area contributed by atoms with Crippen molar-refractivity contribution in [3.8, 4) is 0 Å². The highest BCUT2D eigenvalue weighted by atomic mass is 16.5. The number of fused-ring (bicyclic) bond motifs is 1. The van der Waals surface area contributed by atoms with E-state index in [0.717, 1.165) is 17.7 Å². The first-order valence-corrected chi connectivity index (χ1v) is 10.2. The van der Waals surface area contributed by atoms with Crippen LogP contribution in [0.4, 0.5) is 5.69 Å². The van der Waals surface area contributed by atoms with Crippen molar-refractivity contribution in [2.24, 2.45) is 11.8 Å². The van der Waals surface area contributed by atoms with Crippen LogP contribution in [0.5, 0.6) is 0 Å². The standard InChI is InChI=1S/C22H26N2O6/c1-12(24-20(27)17-6-4-5-7-18(17)21(24)28)22(29)30-14(3)19(26)23-16-10-8-15(9-11-16)13(2)25/h8-12,14,17-18H,4-7H2,1-3H3,(H,23,26)/t12-,14+,17-,18-/m0/s1. The Morgan fingerprint density at radius 1 is 1.00 bits per heavy atom. The molecule has 2 aliphatic rings. The average molecular weight is 414 g/mol. The second kappa shape index (κ2) is 8.77. The van der Waals surface area contributed by atoms with Gasteiger partial charge in [0.25, 0.3) is 5.91 Å². The van der Waals surface area contributed by atoms with Crippen molar-refractivity contribution in [3.63, 3.8) is 0 Å². The van der Waals surface area contributed by atoms with Crippen LogP contribution < -0.4 is 5.32 Å². The quantitative estimate of drug-likeness (QED) is 0.435. The van der Waals surface area contributed by atoms with Gasteiger partial charge in [-0.05, 0) is 57.9 Å². The molecule has 1 saturated heterocycles. The number of rotatable bonds is 6. The molecule has 0 radical (unpaired) electrons. The fourth-order valence-electron chi connectivity index (χ4n) is 4.03. The molecular formula is C22H26N2O6. The van der Waals surface area contributed by atoms with Gasteiger partial charge in [0.2, 0.25) is 11.8 Å². The Labute approximate surface area is 174 Å². The van der Waals surface area contributed by atoms with Gasteiger partial charge in [0.1, 0.15) is 6.04 Å². The minimum Gasteiger partial charge on any atom is -0.451 e. The van der Waals surface area contributed by atoms with Crippen LogP contribution in [0.15, 0.2) is 24.3 Å². The fraction of sp³-hybridized carbons (Fsp3) is 0.500. The molecule has 1 aliphatic carbocycles. The summed E-state index contributed by atoms with van der Waals surface area (Å²) >= 11 is 0. The molecule has 1 heterocycles. The van der Waals surface area contributed by atoms with Crippen LogP contribution >= 0.6 is 0 Å². The van der Waals surface area contributed by atoms with E-state index in [0.29, 0.717) is 24.1 Å². The van der Waals surface area contributed by atoms with Crippen LogP contribution in [-0.2, 0) is 23.9 Å². The number of ether oxygens (including phenoxy) is 1. The zero-order valence-corrected chi connectivity index (χ0v) is 17.3. The van der Waals surface area contributed by atoms with Crippen LogP contribution in [0.3, 0.4) is 0 Å². The van der Waals surface area contributed by atoms with Crippen molar-refractivity contribution in [2.45, 2.75) is 58.6 Å². The third-order valence-corrected chi connectivity index (χ3v) is 5.82.